The minimum absolute atomic E-state index is 0.0860. The normalized spacial score (nSPS) is 15.1. The number of fused-ring (bicyclic) bond motifs is 1. The van der Waals surface area contributed by atoms with Gasteiger partial charge in [0.1, 0.15) is 5.69 Å². The van der Waals surface area contributed by atoms with Gasteiger partial charge in [-0.15, -0.1) is 8.78 Å². The topological polar surface area (TPSA) is 89.4 Å². The molecule has 1 aromatic carbocycles. The molecule has 3 rings (SSSR count). The number of aromatic nitrogens is 1. The van der Waals surface area contributed by atoms with Crippen LogP contribution in [0.5, 0.6) is 11.5 Å². The van der Waals surface area contributed by atoms with Gasteiger partial charge in [0.15, 0.2) is 11.5 Å². The smallest absolute Gasteiger partial charge is 0.397 e. The lowest BCUT2D eigenvalue weighted by molar-refractivity contribution is -0.286. The monoisotopic (exact) mass is 281 g/mol. The number of benzene rings is 1. The fraction of sp³-hybridized carbons (Fsp3) is 0.0833. The molecule has 2 aromatic rings. The summed E-state index contributed by atoms with van der Waals surface area (Å²) in [6.07, 6.45) is -2.21. The van der Waals surface area contributed by atoms with Crippen molar-refractivity contribution in [2.75, 3.05) is 11.1 Å². The standard InChI is InChI=1S/C12H9F2N3O3/c13-12(14)19-9-2-1-7(4-10(9)20-12)17-11(18)8-3-6(15)5-16-8/h1-5,16H,15H2,(H,17,18). The van der Waals surface area contributed by atoms with Gasteiger partial charge in [-0.3, -0.25) is 4.79 Å². The first-order chi connectivity index (χ1) is 9.43. The number of carbonyl (C=O) groups is 1. The minimum Gasteiger partial charge on any atom is -0.397 e. The van der Waals surface area contributed by atoms with E-state index in [1.807, 2.05) is 0 Å². The highest BCUT2D eigenvalue weighted by Crippen LogP contribution is 2.42. The first kappa shape index (κ1) is 12.3. The van der Waals surface area contributed by atoms with Gasteiger partial charge in [-0.2, -0.15) is 0 Å². The minimum atomic E-state index is -3.68. The highest BCUT2D eigenvalue weighted by molar-refractivity contribution is 6.03. The Morgan fingerprint density at radius 1 is 1.25 bits per heavy atom. The number of hydrogen-bond donors (Lipinski definition) is 3. The summed E-state index contributed by atoms with van der Waals surface area (Å²) in [4.78, 5) is 14.5. The number of H-pyrrole nitrogens is 1. The van der Waals surface area contributed by atoms with Gasteiger partial charge in [-0.1, -0.05) is 0 Å². The Bertz CT molecular complexity index is 684. The van der Waals surface area contributed by atoms with E-state index in [1.165, 1.54) is 30.5 Å². The predicted molar refractivity (Wildman–Crippen MR) is 65.8 cm³/mol. The number of ether oxygens (including phenoxy) is 2. The SMILES string of the molecule is Nc1c[nH]c(C(=O)Nc2ccc3c(c2)OC(F)(F)O3)c1. The predicted octanol–water partition coefficient (Wildman–Crippen LogP) is 2.17. The molecule has 0 unspecified atom stereocenters. The molecule has 8 heteroatoms. The van der Waals surface area contributed by atoms with Crippen LogP contribution in [0, 0.1) is 0 Å². The summed E-state index contributed by atoms with van der Waals surface area (Å²) in [7, 11) is 0. The molecule has 0 spiro atoms. The number of nitrogens with one attached hydrogen (secondary N) is 2. The van der Waals surface area contributed by atoms with Gasteiger partial charge >= 0.3 is 6.29 Å². The van der Waals surface area contributed by atoms with Crippen LogP contribution in [0.1, 0.15) is 10.5 Å². The van der Waals surface area contributed by atoms with Crippen molar-refractivity contribution in [3.63, 3.8) is 0 Å². The molecule has 0 fully saturated rings. The van der Waals surface area contributed by atoms with Gasteiger partial charge in [0.25, 0.3) is 5.91 Å². The van der Waals surface area contributed by atoms with Crippen LogP contribution in [0.3, 0.4) is 0 Å². The van der Waals surface area contributed by atoms with Crippen molar-refractivity contribution in [1.29, 1.82) is 0 Å². The number of anilines is 2. The summed E-state index contributed by atoms with van der Waals surface area (Å²) < 4.78 is 34.2. The Labute approximate surface area is 111 Å². The zero-order valence-corrected chi connectivity index (χ0v) is 9.94. The Hall–Kier alpha value is -2.77. The van der Waals surface area contributed by atoms with Crippen molar-refractivity contribution < 1.29 is 23.0 Å². The van der Waals surface area contributed by atoms with E-state index < -0.39 is 12.2 Å². The maximum Gasteiger partial charge on any atom is 0.586 e. The fourth-order valence-corrected chi connectivity index (χ4v) is 1.77. The number of alkyl halides is 2. The van der Waals surface area contributed by atoms with Crippen molar-refractivity contribution in [3.05, 3.63) is 36.2 Å². The van der Waals surface area contributed by atoms with Crippen LogP contribution >= 0.6 is 0 Å². The first-order valence-electron chi connectivity index (χ1n) is 5.58. The Balaban J connectivity index is 1.78. The summed E-state index contributed by atoms with van der Waals surface area (Å²) >= 11 is 0. The van der Waals surface area contributed by atoms with E-state index in [-0.39, 0.29) is 17.2 Å². The highest BCUT2D eigenvalue weighted by Gasteiger charge is 2.43. The van der Waals surface area contributed by atoms with Crippen molar-refractivity contribution in [2.24, 2.45) is 0 Å². The lowest BCUT2D eigenvalue weighted by Gasteiger charge is -2.05. The second kappa shape index (κ2) is 4.12. The molecule has 4 N–H and O–H groups in total. The molecular formula is C12H9F2N3O3. The maximum atomic E-state index is 12.8. The summed E-state index contributed by atoms with van der Waals surface area (Å²) in [6, 6.07) is 5.42. The van der Waals surface area contributed by atoms with E-state index in [2.05, 4.69) is 19.8 Å². The van der Waals surface area contributed by atoms with Crippen LogP contribution in [0.15, 0.2) is 30.5 Å². The molecule has 6 nitrogen and oxygen atoms in total. The van der Waals surface area contributed by atoms with E-state index in [0.29, 0.717) is 11.4 Å². The lowest BCUT2D eigenvalue weighted by atomic mass is 10.2. The number of hydrogen-bond acceptors (Lipinski definition) is 4. The molecule has 1 aliphatic heterocycles. The van der Waals surface area contributed by atoms with Crippen molar-refractivity contribution >= 4 is 17.3 Å². The molecule has 0 bridgehead atoms. The van der Waals surface area contributed by atoms with Crippen LogP contribution < -0.4 is 20.5 Å². The van der Waals surface area contributed by atoms with Crippen LogP contribution in [-0.4, -0.2) is 17.2 Å². The molecule has 0 aliphatic carbocycles. The third kappa shape index (κ3) is 2.22. The van der Waals surface area contributed by atoms with Crippen LogP contribution in [0.4, 0.5) is 20.2 Å². The molecule has 1 aliphatic rings. The van der Waals surface area contributed by atoms with Gasteiger partial charge in [0.2, 0.25) is 0 Å². The maximum absolute atomic E-state index is 12.8. The van der Waals surface area contributed by atoms with E-state index in [1.54, 1.807) is 0 Å². The van der Waals surface area contributed by atoms with Gasteiger partial charge < -0.3 is 25.5 Å². The van der Waals surface area contributed by atoms with Gasteiger partial charge in [-0.05, 0) is 18.2 Å². The average molecular weight is 281 g/mol. The fourth-order valence-electron chi connectivity index (χ4n) is 1.77. The van der Waals surface area contributed by atoms with Crippen molar-refractivity contribution in [1.82, 2.24) is 4.98 Å². The van der Waals surface area contributed by atoms with Crippen LogP contribution in [0.25, 0.3) is 0 Å². The number of carbonyl (C=O) groups excluding carboxylic acids is 1. The Morgan fingerprint density at radius 2 is 2.00 bits per heavy atom. The van der Waals surface area contributed by atoms with E-state index >= 15 is 0 Å². The van der Waals surface area contributed by atoms with E-state index in [4.69, 9.17) is 5.73 Å². The third-order valence-corrected chi connectivity index (χ3v) is 2.61. The average Bonchev–Trinajstić information content (AvgIpc) is 2.90. The zero-order valence-electron chi connectivity index (χ0n) is 9.94. The van der Waals surface area contributed by atoms with Crippen LogP contribution in [-0.2, 0) is 0 Å². The number of nitrogens with two attached hydrogens (primary N) is 1. The number of halogens is 2. The molecule has 0 radical (unpaired) electrons. The Morgan fingerprint density at radius 3 is 2.70 bits per heavy atom. The largest absolute Gasteiger partial charge is 0.586 e. The molecular weight excluding hydrogens is 272 g/mol. The molecule has 0 saturated carbocycles. The Kier molecular flexibility index (Phi) is 2.53. The summed E-state index contributed by atoms with van der Waals surface area (Å²) in [6.45, 7) is 0. The molecule has 104 valence electrons. The number of rotatable bonds is 2. The molecule has 1 aromatic heterocycles. The molecule has 0 saturated heterocycles. The lowest BCUT2D eigenvalue weighted by Crippen LogP contribution is -2.25. The van der Waals surface area contributed by atoms with Crippen molar-refractivity contribution in [3.8, 4) is 11.5 Å². The summed E-state index contributed by atoms with van der Waals surface area (Å²) in [5.41, 5.74) is 6.45. The van der Waals surface area contributed by atoms with Gasteiger partial charge in [0, 0.05) is 23.6 Å². The molecule has 1 amide bonds. The number of nitrogen functional groups attached to an aromatic ring is 1. The summed E-state index contributed by atoms with van der Waals surface area (Å²) in [5, 5.41) is 2.52. The summed E-state index contributed by atoms with van der Waals surface area (Å²) in [5.74, 6) is -0.678. The zero-order chi connectivity index (χ0) is 14.3. The molecule has 2 heterocycles. The number of amides is 1. The number of aromatic amines is 1. The highest BCUT2D eigenvalue weighted by atomic mass is 19.3. The van der Waals surface area contributed by atoms with Crippen molar-refractivity contribution in [2.45, 2.75) is 6.29 Å². The third-order valence-electron chi connectivity index (χ3n) is 2.61. The molecule has 20 heavy (non-hydrogen) atoms. The van der Waals surface area contributed by atoms with Crippen LogP contribution in [0.2, 0.25) is 0 Å². The second-order valence-corrected chi connectivity index (χ2v) is 4.13. The molecule has 0 atom stereocenters. The van der Waals surface area contributed by atoms with Gasteiger partial charge in [-0.25, -0.2) is 0 Å². The second-order valence-electron chi connectivity index (χ2n) is 4.13. The first-order valence-corrected chi connectivity index (χ1v) is 5.58. The van der Waals surface area contributed by atoms with E-state index in [9.17, 15) is 13.6 Å². The van der Waals surface area contributed by atoms with Gasteiger partial charge in [0.05, 0.1) is 0 Å². The quantitative estimate of drug-likeness (QED) is 0.787. The van der Waals surface area contributed by atoms with E-state index in [0.717, 1.165) is 0 Å².